The number of halogens is 3. The number of nitrogens with zero attached hydrogens (tertiary/aromatic N) is 2. The maximum Gasteiger partial charge on any atom is 0.417 e. The van der Waals surface area contributed by atoms with Crippen molar-refractivity contribution in [3.8, 4) is 0 Å². The van der Waals surface area contributed by atoms with E-state index < -0.39 is 11.7 Å². The number of carbonyl (C=O) groups is 1. The summed E-state index contributed by atoms with van der Waals surface area (Å²) in [6, 6.07) is 0. The Hall–Kier alpha value is -1.28. The number of carbonyl (C=O) groups excluding carboxylic acids is 1. The van der Waals surface area contributed by atoms with E-state index in [0.29, 0.717) is 21.5 Å². The second kappa shape index (κ2) is 5.25. The van der Waals surface area contributed by atoms with Gasteiger partial charge in [0.1, 0.15) is 9.23 Å². The lowest BCUT2D eigenvalue weighted by Crippen LogP contribution is -2.28. The summed E-state index contributed by atoms with van der Waals surface area (Å²) in [6.07, 6.45) is -1.18. The molecule has 0 saturated carbocycles. The first-order chi connectivity index (χ1) is 9.25. The molecule has 8 heteroatoms. The topological polar surface area (TPSA) is 23.6 Å². The molecule has 20 heavy (non-hydrogen) atoms. The number of hydrogen-bond donors (Lipinski definition) is 0. The maximum absolute atomic E-state index is 12.6. The summed E-state index contributed by atoms with van der Waals surface area (Å²) < 4.78 is 38.3. The number of likely N-dealkylation sites (N-methyl/N-ethyl adjacent to an activating group) is 2. The zero-order valence-electron chi connectivity index (χ0n) is 10.7. The number of amides is 1. The molecule has 1 saturated heterocycles. The van der Waals surface area contributed by atoms with Crippen LogP contribution in [0.3, 0.4) is 0 Å². The lowest BCUT2D eigenvalue weighted by atomic mass is 10.1. The summed E-state index contributed by atoms with van der Waals surface area (Å²) in [5.74, 6) is -0.266. The van der Waals surface area contributed by atoms with Crippen molar-refractivity contribution in [1.82, 2.24) is 9.80 Å². The summed E-state index contributed by atoms with van der Waals surface area (Å²) >= 11 is 6.19. The molecule has 0 unspecified atom stereocenters. The van der Waals surface area contributed by atoms with E-state index in [9.17, 15) is 18.0 Å². The number of alkyl halides is 3. The van der Waals surface area contributed by atoms with Crippen molar-refractivity contribution in [2.24, 2.45) is 0 Å². The standard InChI is InChI=1S/C12H11F3N2OS2/c1-3-17-10(18)9(20-11(17)19)8-5-4-7(6-16(8)2)12(13,14)15/h4-6H,3H2,1-2H3/b9-8-. The van der Waals surface area contributed by atoms with Crippen molar-refractivity contribution in [2.75, 3.05) is 13.6 Å². The summed E-state index contributed by atoms with van der Waals surface area (Å²) in [6.45, 7) is 2.24. The first-order valence-electron chi connectivity index (χ1n) is 5.73. The molecular formula is C12H11F3N2OS2. The highest BCUT2D eigenvalue weighted by Gasteiger charge is 2.37. The molecule has 0 aliphatic carbocycles. The van der Waals surface area contributed by atoms with Gasteiger partial charge < -0.3 is 4.90 Å². The second-order valence-corrected chi connectivity index (χ2v) is 5.80. The van der Waals surface area contributed by atoms with E-state index in [4.69, 9.17) is 12.2 Å². The SMILES string of the molecule is CCN1C(=O)/C(=C2\C=CC(C(F)(F)F)=CN2C)SC1=S. The molecular weight excluding hydrogens is 309 g/mol. The lowest BCUT2D eigenvalue weighted by molar-refractivity contribution is -0.122. The van der Waals surface area contributed by atoms with Crippen LogP contribution in [0.5, 0.6) is 0 Å². The van der Waals surface area contributed by atoms with Crippen LogP contribution in [0.2, 0.25) is 0 Å². The minimum atomic E-state index is -4.40. The van der Waals surface area contributed by atoms with Gasteiger partial charge in [-0.25, -0.2) is 0 Å². The van der Waals surface area contributed by atoms with Gasteiger partial charge in [-0.1, -0.05) is 24.0 Å². The van der Waals surface area contributed by atoms with Gasteiger partial charge in [0.15, 0.2) is 0 Å². The van der Waals surface area contributed by atoms with Gasteiger partial charge in [0, 0.05) is 19.8 Å². The third-order valence-corrected chi connectivity index (χ3v) is 4.31. The van der Waals surface area contributed by atoms with E-state index in [1.807, 2.05) is 0 Å². The predicted molar refractivity (Wildman–Crippen MR) is 75.6 cm³/mol. The fraction of sp³-hybridized carbons (Fsp3) is 0.333. The summed E-state index contributed by atoms with van der Waals surface area (Å²) in [5.41, 5.74) is -0.332. The van der Waals surface area contributed by atoms with Crippen molar-refractivity contribution in [1.29, 1.82) is 0 Å². The van der Waals surface area contributed by atoms with Gasteiger partial charge >= 0.3 is 6.18 Å². The van der Waals surface area contributed by atoms with E-state index in [1.54, 1.807) is 6.92 Å². The van der Waals surface area contributed by atoms with Crippen LogP contribution >= 0.6 is 24.0 Å². The van der Waals surface area contributed by atoms with E-state index in [1.165, 1.54) is 22.9 Å². The first kappa shape index (κ1) is 15.1. The normalized spacial score (nSPS) is 23.8. The van der Waals surface area contributed by atoms with Gasteiger partial charge in [-0.3, -0.25) is 9.69 Å². The molecule has 3 nitrogen and oxygen atoms in total. The van der Waals surface area contributed by atoms with Crippen molar-refractivity contribution in [3.63, 3.8) is 0 Å². The average Bonchev–Trinajstić information content (AvgIpc) is 2.63. The molecule has 108 valence electrons. The Balaban J connectivity index is 2.36. The second-order valence-electron chi connectivity index (χ2n) is 4.16. The molecule has 0 atom stereocenters. The van der Waals surface area contributed by atoms with Crippen molar-refractivity contribution in [3.05, 3.63) is 34.5 Å². The summed E-state index contributed by atoms with van der Waals surface area (Å²) in [5, 5.41) is 0. The van der Waals surface area contributed by atoms with Crippen LogP contribution in [-0.2, 0) is 4.79 Å². The van der Waals surface area contributed by atoms with E-state index in [-0.39, 0.29) is 5.91 Å². The molecule has 2 rings (SSSR count). The van der Waals surface area contributed by atoms with Crippen molar-refractivity contribution < 1.29 is 18.0 Å². The Kier molecular flexibility index (Phi) is 3.97. The van der Waals surface area contributed by atoms with Gasteiger partial charge in [0.05, 0.1) is 11.3 Å². The number of hydrogen-bond acceptors (Lipinski definition) is 4. The van der Waals surface area contributed by atoms with E-state index >= 15 is 0 Å². The largest absolute Gasteiger partial charge is 0.417 e. The molecule has 0 N–H and O–H groups in total. The molecule has 0 aromatic heterocycles. The van der Waals surface area contributed by atoms with Crippen LogP contribution < -0.4 is 0 Å². The quantitative estimate of drug-likeness (QED) is 0.547. The highest BCUT2D eigenvalue weighted by molar-refractivity contribution is 8.26. The Labute approximate surface area is 123 Å². The zero-order chi connectivity index (χ0) is 15.1. The minimum Gasteiger partial charge on any atom is -0.349 e. The van der Waals surface area contributed by atoms with E-state index in [0.717, 1.165) is 24.0 Å². The molecule has 1 amide bonds. The van der Waals surface area contributed by atoms with Crippen LogP contribution in [0.25, 0.3) is 0 Å². The van der Waals surface area contributed by atoms with Crippen LogP contribution in [-0.4, -0.2) is 39.8 Å². The number of thioether (sulfide) groups is 1. The molecule has 1 fully saturated rings. The van der Waals surface area contributed by atoms with Crippen molar-refractivity contribution in [2.45, 2.75) is 13.1 Å². The minimum absolute atomic E-state index is 0.266. The van der Waals surface area contributed by atoms with Gasteiger partial charge in [-0.15, -0.1) is 0 Å². The van der Waals surface area contributed by atoms with Crippen LogP contribution in [0.4, 0.5) is 13.2 Å². The Morgan fingerprint density at radius 1 is 1.35 bits per heavy atom. The first-order valence-corrected chi connectivity index (χ1v) is 6.96. The smallest absolute Gasteiger partial charge is 0.349 e. The van der Waals surface area contributed by atoms with Gasteiger partial charge in [0.2, 0.25) is 0 Å². The predicted octanol–water partition coefficient (Wildman–Crippen LogP) is 3.03. The summed E-state index contributed by atoms with van der Waals surface area (Å²) in [4.78, 5) is 15.2. The van der Waals surface area contributed by atoms with Gasteiger partial charge in [-0.05, 0) is 19.1 Å². The molecule has 2 aliphatic heterocycles. The summed E-state index contributed by atoms with van der Waals surface area (Å²) in [7, 11) is 1.48. The van der Waals surface area contributed by atoms with Gasteiger partial charge in [0.25, 0.3) is 5.91 Å². The van der Waals surface area contributed by atoms with E-state index in [2.05, 4.69) is 0 Å². The monoisotopic (exact) mass is 320 g/mol. The average molecular weight is 320 g/mol. The highest BCUT2D eigenvalue weighted by atomic mass is 32.2. The fourth-order valence-electron chi connectivity index (χ4n) is 1.84. The zero-order valence-corrected chi connectivity index (χ0v) is 12.3. The molecule has 0 aromatic carbocycles. The maximum atomic E-state index is 12.6. The van der Waals surface area contributed by atoms with Crippen LogP contribution in [0.15, 0.2) is 34.5 Å². The highest BCUT2D eigenvalue weighted by Crippen LogP contribution is 2.37. The number of allylic oxidation sites excluding steroid dienone is 3. The Morgan fingerprint density at radius 2 is 2.00 bits per heavy atom. The Morgan fingerprint density at radius 3 is 2.45 bits per heavy atom. The molecule has 0 radical (unpaired) electrons. The van der Waals surface area contributed by atoms with Crippen molar-refractivity contribution >= 4 is 34.2 Å². The third-order valence-electron chi connectivity index (χ3n) is 2.86. The molecule has 0 spiro atoms. The molecule has 2 heterocycles. The molecule has 0 aromatic rings. The lowest BCUT2D eigenvalue weighted by Gasteiger charge is -2.23. The number of thiocarbonyl (C=S) groups is 1. The van der Waals surface area contributed by atoms with Gasteiger partial charge in [-0.2, -0.15) is 13.2 Å². The molecule has 2 aliphatic rings. The molecule has 0 bridgehead atoms. The van der Waals surface area contributed by atoms with Crippen LogP contribution in [0, 0.1) is 0 Å². The Bertz CT molecular complexity index is 564. The number of rotatable bonds is 1. The van der Waals surface area contributed by atoms with Crippen LogP contribution in [0.1, 0.15) is 6.92 Å². The fourth-order valence-corrected chi connectivity index (χ4v) is 3.31. The third kappa shape index (κ3) is 2.62.